The average Bonchev–Trinajstić information content (AvgIpc) is 3.03. The molecule has 0 radical (unpaired) electrons. The van der Waals surface area contributed by atoms with Gasteiger partial charge in [0.1, 0.15) is 0 Å². The molecule has 0 saturated heterocycles. The molecule has 2 aromatic rings. The van der Waals surface area contributed by atoms with Gasteiger partial charge in [-0.1, -0.05) is 48.5 Å². The third-order valence-electron chi connectivity index (χ3n) is 4.94. The number of amides is 1. The van der Waals surface area contributed by atoms with E-state index in [2.05, 4.69) is 0 Å². The Morgan fingerprint density at radius 3 is 2.65 bits per heavy atom. The molecule has 0 saturated carbocycles. The molecule has 1 aliphatic rings. The van der Waals surface area contributed by atoms with E-state index in [-0.39, 0.29) is 17.8 Å². The Labute approximate surface area is 179 Å². The summed E-state index contributed by atoms with van der Waals surface area (Å²) in [5, 5.41) is 21.8. The maximum atomic E-state index is 13.0. The van der Waals surface area contributed by atoms with Crippen LogP contribution in [-0.4, -0.2) is 46.9 Å². The summed E-state index contributed by atoms with van der Waals surface area (Å²) < 4.78 is 5.04. The fourth-order valence-electron chi connectivity index (χ4n) is 3.50. The molecular formula is C23H22N2O6. The van der Waals surface area contributed by atoms with Gasteiger partial charge in [-0.25, -0.2) is 0 Å². The number of nitro groups is 1. The van der Waals surface area contributed by atoms with Crippen LogP contribution in [0.3, 0.4) is 0 Å². The molecule has 0 aromatic heterocycles. The molecule has 1 N–H and O–H groups in total. The quantitative estimate of drug-likeness (QED) is 0.286. The van der Waals surface area contributed by atoms with Crippen molar-refractivity contribution in [3.63, 3.8) is 0 Å². The molecule has 31 heavy (non-hydrogen) atoms. The minimum atomic E-state index is -0.933. The average molecular weight is 422 g/mol. The molecule has 1 unspecified atom stereocenters. The van der Waals surface area contributed by atoms with Crippen molar-refractivity contribution in [2.75, 3.05) is 20.3 Å². The van der Waals surface area contributed by atoms with Gasteiger partial charge >= 0.3 is 0 Å². The number of benzene rings is 2. The molecule has 8 heteroatoms. The van der Waals surface area contributed by atoms with E-state index in [4.69, 9.17) is 4.74 Å². The smallest absolute Gasteiger partial charge is 0.290 e. The molecule has 1 atom stereocenters. The number of ether oxygens (including phenoxy) is 1. The normalized spacial score (nSPS) is 16.4. The summed E-state index contributed by atoms with van der Waals surface area (Å²) in [5.74, 6) is -1.87. The lowest BCUT2D eigenvalue weighted by Crippen LogP contribution is -2.32. The highest BCUT2D eigenvalue weighted by molar-refractivity contribution is 6.14. The van der Waals surface area contributed by atoms with Crippen LogP contribution in [0.25, 0.3) is 6.08 Å². The number of nitrogens with zero attached hydrogens (tertiary/aromatic N) is 2. The highest BCUT2D eigenvalue weighted by Gasteiger charge is 2.42. The molecule has 0 spiro atoms. The number of hydrogen-bond acceptors (Lipinski definition) is 6. The van der Waals surface area contributed by atoms with E-state index < -0.39 is 28.4 Å². The predicted molar refractivity (Wildman–Crippen MR) is 114 cm³/mol. The third kappa shape index (κ3) is 4.87. The molecule has 0 aliphatic carbocycles. The summed E-state index contributed by atoms with van der Waals surface area (Å²) in [7, 11) is 1.53. The van der Waals surface area contributed by atoms with E-state index in [0.717, 1.165) is 5.56 Å². The zero-order valence-electron chi connectivity index (χ0n) is 16.9. The van der Waals surface area contributed by atoms with Crippen molar-refractivity contribution < 1.29 is 24.4 Å². The Bertz CT molecular complexity index is 1050. The van der Waals surface area contributed by atoms with Crippen molar-refractivity contribution in [1.29, 1.82) is 0 Å². The van der Waals surface area contributed by atoms with Gasteiger partial charge in [0, 0.05) is 32.4 Å². The summed E-state index contributed by atoms with van der Waals surface area (Å²) in [6.07, 6.45) is 3.35. The van der Waals surface area contributed by atoms with Crippen LogP contribution in [0, 0.1) is 10.1 Å². The first-order chi connectivity index (χ1) is 14.9. The lowest BCUT2D eigenvalue weighted by atomic mass is 9.95. The van der Waals surface area contributed by atoms with Gasteiger partial charge in [0.2, 0.25) is 0 Å². The van der Waals surface area contributed by atoms with E-state index in [1.165, 1.54) is 36.3 Å². The molecule has 2 aromatic carbocycles. The Morgan fingerprint density at radius 1 is 1.23 bits per heavy atom. The van der Waals surface area contributed by atoms with Crippen molar-refractivity contribution in [2.45, 2.75) is 12.5 Å². The Hall–Kier alpha value is -3.78. The Kier molecular flexibility index (Phi) is 6.94. The largest absolute Gasteiger partial charge is 0.503 e. The number of non-ortho nitro benzene ring substituents is 1. The van der Waals surface area contributed by atoms with Crippen LogP contribution in [0.4, 0.5) is 5.69 Å². The minimum Gasteiger partial charge on any atom is -0.503 e. The van der Waals surface area contributed by atoms with Crippen LogP contribution in [0.1, 0.15) is 23.6 Å². The van der Waals surface area contributed by atoms with E-state index in [1.54, 1.807) is 12.1 Å². The number of rotatable bonds is 9. The van der Waals surface area contributed by atoms with Crippen molar-refractivity contribution in [3.8, 4) is 0 Å². The van der Waals surface area contributed by atoms with Crippen molar-refractivity contribution in [1.82, 2.24) is 4.90 Å². The molecule has 1 heterocycles. The van der Waals surface area contributed by atoms with Gasteiger partial charge in [-0.15, -0.1) is 0 Å². The first-order valence-electron chi connectivity index (χ1n) is 9.69. The van der Waals surface area contributed by atoms with Gasteiger partial charge in [0.25, 0.3) is 11.6 Å². The molecule has 8 nitrogen and oxygen atoms in total. The van der Waals surface area contributed by atoms with Gasteiger partial charge in [0.05, 0.1) is 16.5 Å². The number of carbonyl (C=O) groups excluding carboxylic acids is 2. The molecule has 1 amide bonds. The van der Waals surface area contributed by atoms with Crippen LogP contribution in [0.5, 0.6) is 0 Å². The lowest BCUT2D eigenvalue weighted by molar-refractivity contribution is -0.384. The number of aliphatic hydroxyl groups excluding tert-OH is 1. The number of aliphatic hydroxyl groups is 1. The first-order valence-corrected chi connectivity index (χ1v) is 9.69. The second kappa shape index (κ2) is 9.82. The van der Waals surface area contributed by atoms with Crippen LogP contribution < -0.4 is 0 Å². The fraction of sp³-hybridized carbons (Fsp3) is 0.217. The van der Waals surface area contributed by atoms with Crippen molar-refractivity contribution >= 4 is 23.5 Å². The maximum absolute atomic E-state index is 13.0. The second-order valence-electron chi connectivity index (χ2n) is 6.97. The van der Waals surface area contributed by atoms with E-state index >= 15 is 0 Å². The monoisotopic (exact) mass is 422 g/mol. The number of methoxy groups -OCH3 is 1. The van der Waals surface area contributed by atoms with E-state index in [9.17, 15) is 24.8 Å². The second-order valence-corrected chi connectivity index (χ2v) is 6.97. The fourth-order valence-corrected chi connectivity index (χ4v) is 3.50. The number of allylic oxidation sites excluding steroid dienone is 1. The van der Waals surface area contributed by atoms with E-state index in [0.29, 0.717) is 18.6 Å². The molecular weight excluding hydrogens is 400 g/mol. The van der Waals surface area contributed by atoms with Gasteiger partial charge in [-0.05, 0) is 23.6 Å². The molecule has 3 rings (SSSR count). The predicted octanol–water partition coefficient (Wildman–Crippen LogP) is 3.61. The topological polar surface area (TPSA) is 110 Å². The van der Waals surface area contributed by atoms with E-state index in [1.807, 2.05) is 30.3 Å². The Morgan fingerprint density at radius 2 is 1.97 bits per heavy atom. The molecule has 1 aliphatic heterocycles. The van der Waals surface area contributed by atoms with Gasteiger partial charge in [-0.2, -0.15) is 0 Å². The van der Waals surface area contributed by atoms with Crippen molar-refractivity contribution in [3.05, 3.63) is 93.2 Å². The number of hydrogen-bond donors (Lipinski definition) is 1. The van der Waals surface area contributed by atoms with Crippen LogP contribution >= 0.6 is 0 Å². The summed E-state index contributed by atoms with van der Waals surface area (Å²) in [6.45, 7) is 0.590. The highest BCUT2D eigenvalue weighted by Crippen LogP contribution is 2.39. The van der Waals surface area contributed by atoms with Gasteiger partial charge < -0.3 is 14.7 Å². The summed E-state index contributed by atoms with van der Waals surface area (Å²) in [4.78, 5) is 37.8. The van der Waals surface area contributed by atoms with Crippen LogP contribution in [-0.2, 0) is 14.3 Å². The highest BCUT2D eigenvalue weighted by atomic mass is 16.6. The Balaban J connectivity index is 2.00. The van der Waals surface area contributed by atoms with Crippen LogP contribution in [0.15, 0.2) is 72.0 Å². The number of ketones is 1. The van der Waals surface area contributed by atoms with Gasteiger partial charge in [0.15, 0.2) is 11.5 Å². The molecule has 0 bridgehead atoms. The van der Waals surface area contributed by atoms with Crippen molar-refractivity contribution in [2.24, 2.45) is 0 Å². The lowest BCUT2D eigenvalue weighted by Gasteiger charge is -2.26. The summed E-state index contributed by atoms with van der Waals surface area (Å²) >= 11 is 0. The minimum absolute atomic E-state index is 0.102. The zero-order valence-corrected chi connectivity index (χ0v) is 16.9. The molecule has 160 valence electrons. The molecule has 0 fully saturated rings. The number of nitro benzene ring substituents is 1. The maximum Gasteiger partial charge on any atom is 0.290 e. The standard InChI is InChI=1S/C23H22N2O6/c1-31-14-6-13-24-21(17-9-5-10-18(15-17)25(29)30)20(22(27)23(24)28)19(26)12-11-16-7-3-2-4-8-16/h2-5,7-12,15,21,27H,6,13-14H2,1H3. The van der Waals surface area contributed by atoms with Crippen LogP contribution in [0.2, 0.25) is 0 Å². The summed E-state index contributed by atoms with van der Waals surface area (Å²) in [6, 6.07) is 13.9. The first kappa shape index (κ1) is 21.9. The zero-order chi connectivity index (χ0) is 22.4. The third-order valence-corrected chi connectivity index (χ3v) is 4.94. The SMILES string of the molecule is COCCCN1C(=O)C(O)=C(C(=O)C=Cc2ccccc2)C1c1cccc([N+](=O)[O-])c1. The number of carbonyl (C=O) groups is 2. The summed E-state index contributed by atoms with van der Waals surface area (Å²) in [5.41, 5.74) is 0.888. The van der Waals surface area contributed by atoms with Gasteiger partial charge in [-0.3, -0.25) is 19.7 Å².